The maximum absolute atomic E-state index is 5.44. The summed E-state index contributed by atoms with van der Waals surface area (Å²) in [5, 5.41) is 0. The molecule has 0 amide bonds. The van der Waals surface area contributed by atoms with E-state index in [9.17, 15) is 0 Å². The van der Waals surface area contributed by atoms with Crippen molar-refractivity contribution in [2.75, 3.05) is 6.54 Å². The Morgan fingerprint density at radius 3 is 2.38 bits per heavy atom. The molecule has 0 atom stereocenters. The van der Waals surface area contributed by atoms with Crippen molar-refractivity contribution in [2.45, 2.75) is 47.0 Å². The molecule has 0 saturated carbocycles. The zero-order valence-corrected chi connectivity index (χ0v) is 11.3. The van der Waals surface area contributed by atoms with Gasteiger partial charge in [0.1, 0.15) is 0 Å². The van der Waals surface area contributed by atoms with Crippen LogP contribution < -0.4 is 5.73 Å². The molecule has 1 nitrogen and oxygen atoms in total. The first kappa shape index (κ1) is 15.2. The smallest absolute Gasteiger partial charge is 0.0110 e. The van der Waals surface area contributed by atoms with Gasteiger partial charge in [0.25, 0.3) is 0 Å². The van der Waals surface area contributed by atoms with Crippen molar-refractivity contribution in [3.63, 3.8) is 0 Å². The summed E-state index contributed by atoms with van der Waals surface area (Å²) < 4.78 is 0. The predicted molar refractivity (Wildman–Crippen MR) is 74.4 cm³/mol. The molecule has 0 aromatic rings. The SMILES string of the molecule is C=C(CC/C=C(/C=C\CN)CC)C(C)(C)C. The fraction of sp³-hybridized carbons (Fsp3) is 0.600. The summed E-state index contributed by atoms with van der Waals surface area (Å²) in [5.41, 5.74) is 8.36. The molecule has 0 aromatic carbocycles. The number of allylic oxidation sites excluding steroid dienone is 4. The first-order valence-electron chi connectivity index (χ1n) is 6.15. The third-order valence-electron chi connectivity index (χ3n) is 2.79. The van der Waals surface area contributed by atoms with Gasteiger partial charge < -0.3 is 5.73 Å². The largest absolute Gasteiger partial charge is 0.327 e. The van der Waals surface area contributed by atoms with Crippen LogP contribution in [0.15, 0.2) is 36.0 Å². The van der Waals surface area contributed by atoms with Gasteiger partial charge in [0.2, 0.25) is 0 Å². The maximum atomic E-state index is 5.44. The molecule has 0 rings (SSSR count). The van der Waals surface area contributed by atoms with E-state index in [2.05, 4.69) is 46.4 Å². The van der Waals surface area contributed by atoms with Gasteiger partial charge in [-0.05, 0) is 24.7 Å². The van der Waals surface area contributed by atoms with Crippen LogP contribution in [0.1, 0.15) is 47.0 Å². The fourth-order valence-electron chi connectivity index (χ4n) is 1.36. The molecule has 0 bridgehead atoms. The van der Waals surface area contributed by atoms with E-state index in [4.69, 9.17) is 5.73 Å². The lowest BCUT2D eigenvalue weighted by Gasteiger charge is -2.21. The second-order valence-electron chi connectivity index (χ2n) is 5.16. The molecule has 0 aliphatic carbocycles. The lowest BCUT2D eigenvalue weighted by Crippen LogP contribution is -2.07. The van der Waals surface area contributed by atoms with E-state index in [1.54, 1.807) is 0 Å². The van der Waals surface area contributed by atoms with E-state index < -0.39 is 0 Å². The third kappa shape index (κ3) is 6.62. The van der Waals surface area contributed by atoms with Crippen molar-refractivity contribution >= 4 is 0 Å². The van der Waals surface area contributed by atoms with Crippen LogP contribution in [-0.2, 0) is 0 Å². The molecule has 0 heterocycles. The maximum Gasteiger partial charge on any atom is 0.0110 e. The number of nitrogens with two attached hydrogens (primary N) is 1. The van der Waals surface area contributed by atoms with Crippen LogP contribution in [0.4, 0.5) is 0 Å². The highest BCUT2D eigenvalue weighted by molar-refractivity contribution is 5.19. The van der Waals surface area contributed by atoms with E-state index >= 15 is 0 Å². The van der Waals surface area contributed by atoms with Gasteiger partial charge in [0.05, 0.1) is 0 Å². The van der Waals surface area contributed by atoms with Crippen molar-refractivity contribution in [2.24, 2.45) is 11.1 Å². The Morgan fingerprint density at radius 2 is 1.94 bits per heavy atom. The highest BCUT2D eigenvalue weighted by Crippen LogP contribution is 2.27. The normalized spacial score (nSPS) is 13.4. The van der Waals surface area contributed by atoms with Crippen LogP contribution in [0.25, 0.3) is 0 Å². The summed E-state index contributed by atoms with van der Waals surface area (Å²) in [7, 11) is 0. The average Bonchev–Trinajstić information content (AvgIpc) is 2.21. The molecule has 0 aliphatic rings. The first-order chi connectivity index (χ1) is 7.41. The van der Waals surface area contributed by atoms with Crippen molar-refractivity contribution in [1.82, 2.24) is 0 Å². The van der Waals surface area contributed by atoms with Gasteiger partial charge in [-0.3, -0.25) is 0 Å². The molecule has 0 unspecified atom stereocenters. The van der Waals surface area contributed by atoms with Crippen LogP contribution in [0.3, 0.4) is 0 Å². The number of rotatable bonds is 6. The monoisotopic (exact) mass is 221 g/mol. The van der Waals surface area contributed by atoms with Crippen molar-refractivity contribution < 1.29 is 0 Å². The third-order valence-corrected chi connectivity index (χ3v) is 2.79. The topological polar surface area (TPSA) is 26.0 Å². The van der Waals surface area contributed by atoms with Gasteiger partial charge in [0.15, 0.2) is 0 Å². The lowest BCUT2D eigenvalue weighted by molar-refractivity contribution is 0.485. The van der Waals surface area contributed by atoms with Crippen LogP contribution >= 0.6 is 0 Å². The Morgan fingerprint density at radius 1 is 1.31 bits per heavy atom. The molecular weight excluding hydrogens is 194 g/mol. The van der Waals surface area contributed by atoms with Crippen LogP contribution in [0, 0.1) is 5.41 Å². The quantitative estimate of drug-likeness (QED) is 0.527. The predicted octanol–water partition coefficient (Wildman–Crippen LogP) is 4.22. The molecule has 0 aromatic heterocycles. The van der Waals surface area contributed by atoms with E-state index in [1.165, 1.54) is 11.1 Å². The van der Waals surface area contributed by atoms with Crippen molar-refractivity contribution in [1.29, 1.82) is 0 Å². The molecule has 2 N–H and O–H groups in total. The Balaban J connectivity index is 4.16. The van der Waals surface area contributed by atoms with Crippen molar-refractivity contribution in [3.05, 3.63) is 36.0 Å². The van der Waals surface area contributed by atoms with E-state index in [0.29, 0.717) is 6.54 Å². The Labute approximate surface area is 101 Å². The first-order valence-corrected chi connectivity index (χ1v) is 6.15. The summed E-state index contributed by atoms with van der Waals surface area (Å²) >= 11 is 0. The Bertz CT molecular complexity index is 264. The zero-order valence-electron chi connectivity index (χ0n) is 11.3. The minimum Gasteiger partial charge on any atom is -0.327 e. The van der Waals surface area contributed by atoms with Gasteiger partial charge >= 0.3 is 0 Å². The number of hydrogen-bond acceptors (Lipinski definition) is 1. The highest BCUT2D eigenvalue weighted by atomic mass is 14.5. The number of hydrogen-bond donors (Lipinski definition) is 1. The Hall–Kier alpha value is -0.820. The van der Waals surface area contributed by atoms with Crippen LogP contribution in [0.2, 0.25) is 0 Å². The van der Waals surface area contributed by atoms with Gasteiger partial charge in [-0.2, -0.15) is 0 Å². The van der Waals surface area contributed by atoms with E-state index in [-0.39, 0.29) is 5.41 Å². The zero-order chi connectivity index (χ0) is 12.6. The van der Waals surface area contributed by atoms with Crippen LogP contribution in [-0.4, -0.2) is 6.54 Å². The summed E-state index contributed by atoms with van der Waals surface area (Å²) in [6.07, 6.45) is 9.65. The standard InChI is InChI=1S/C15H27N/c1-6-14(11-8-12-16)10-7-9-13(2)15(3,4)5/h8,10-11H,2,6-7,9,12,16H2,1,3-5H3/b11-8-,14-10+. The van der Waals surface area contributed by atoms with Gasteiger partial charge in [0, 0.05) is 6.54 Å². The highest BCUT2D eigenvalue weighted by Gasteiger charge is 2.13. The molecule has 92 valence electrons. The van der Waals surface area contributed by atoms with Gasteiger partial charge in [-0.1, -0.05) is 63.6 Å². The van der Waals surface area contributed by atoms with Gasteiger partial charge in [-0.25, -0.2) is 0 Å². The molecule has 0 aliphatic heterocycles. The Kier molecular flexibility index (Phi) is 7.07. The summed E-state index contributed by atoms with van der Waals surface area (Å²) in [6.45, 7) is 13.6. The average molecular weight is 221 g/mol. The van der Waals surface area contributed by atoms with Crippen molar-refractivity contribution in [3.8, 4) is 0 Å². The van der Waals surface area contributed by atoms with Gasteiger partial charge in [-0.15, -0.1) is 0 Å². The molecule has 0 radical (unpaired) electrons. The fourth-order valence-corrected chi connectivity index (χ4v) is 1.36. The molecular formula is C15H27N. The second kappa shape index (κ2) is 7.45. The minimum atomic E-state index is 0.229. The summed E-state index contributed by atoms with van der Waals surface area (Å²) in [4.78, 5) is 0. The molecule has 1 heteroatoms. The lowest BCUT2D eigenvalue weighted by atomic mass is 9.85. The summed E-state index contributed by atoms with van der Waals surface area (Å²) in [5.74, 6) is 0. The molecule has 0 spiro atoms. The molecule has 0 saturated heterocycles. The second-order valence-corrected chi connectivity index (χ2v) is 5.16. The molecule has 16 heavy (non-hydrogen) atoms. The van der Waals surface area contributed by atoms with E-state index in [0.717, 1.165) is 19.3 Å². The summed E-state index contributed by atoms with van der Waals surface area (Å²) in [6, 6.07) is 0. The molecule has 0 fully saturated rings. The minimum absolute atomic E-state index is 0.229. The van der Waals surface area contributed by atoms with Crippen LogP contribution in [0.5, 0.6) is 0 Å². The van der Waals surface area contributed by atoms with E-state index in [1.807, 2.05) is 6.08 Å².